The van der Waals surface area contributed by atoms with E-state index < -0.39 is 0 Å². The molecule has 2 N–H and O–H groups in total. The number of carbonyl (C=O) groups is 1. The molecule has 0 bridgehead atoms. The van der Waals surface area contributed by atoms with Crippen LogP contribution in [0.3, 0.4) is 0 Å². The molecular formula is C21H22N4O. The van der Waals surface area contributed by atoms with Crippen LogP contribution >= 0.6 is 0 Å². The van der Waals surface area contributed by atoms with Gasteiger partial charge in [0.25, 0.3) is 5.91 Å². The maximum atomic E-state index is 12.4. The average molecular weight is 346 g/mol. The Morgan fingerprint density at radius 2 is 1.58 bits per heavy atom. The van der Waals surface area contributed by atoms with Crippen molar-refractivity contribution in [3.05, 3.63) is 76.6 Å². The number of rotatable bonds is 4. The summed E-state index contributed by atoms with van der Waals surface area (Å²) in [4.78, 5) is 20.9. The van der Waals surface area contributed by atoms with Gasteiger partial charge in [0.15, 0.2) is 0 Å². The Morgan fingerprint density at radius 3 is 2.23 bits per heavy atom. The monoisotopic (exact) mass is 346 g/mol. The summed E-state index contributed by atoms with van der Waals surface area (Å²) in [6, 6.07) is 12.0. The van der Waals surface area contributed by atoms with Crippen molar-refractivity contribution in [1.29, 1.82) is 0 Å². The van der Waals surface area contributed by atoms with Gasteiger partial charge in [0.1, 0.15) is 0 Å². The molecule has 0 aliphatic carbocycles. The number of nitrogens with zero attached hydrogens (tertiary/aromatic N) is 2. The number of aromatic nitrogens is 2. The van der Waals surface area contributed by atoms with Gasteiger partial charge in [0, 0.05) is 23.8 Å². The van der Waals surface area contributed by atoms with E-state index in [1.165, 1.54) is 23.5 Å². The van der Waals surface area contributed by atoms with Gasteiger partial charge in [-0.3, -0.25) is 4.79 Å². The zero-order valence-corrected chi connectivity index (χ0v) is 15.4. The molecule has 0 atom stereocenters. The molecule has 1 amide bonds. The highest BCUT2D eigenvalue weighted by Gasteiger charge is 2.09. The first kappa shape index (κ1) is 17.6. The second kappa shape index (κ2) is 7.35. The highest BCUT2D eigenvalue weighted by Crippen LogP contribution is 2.19. The van der Waals surface area contributed by atoms with E-state index in [9.17, 15) is 4.79 Å². The van der Waals surface area contributed by atoms with Gasteiger partial charge in [-0.15, -0.1) is 0 Å². The number of carbonyl (C=O) groups excluding carboxylic acids is 1. The molecule has 26 heavy (non-hydrogen) atoms. The topological polar surface area (TPSA) is 66.9 Å². The third kappa shape index (κ3) is 4.06. The van der Waals surface area contributed by atoms with E-state index in [0.29, 0.717) is 11.5 Å². The fourth-order valence-electron chi connectivity index (χ4n) is 2.61. The van der Waals surface area contributed by atoms with Crippen molar-refractivity contribution in [2.45, 2.75) is 27.7 Å². The molecule has 0 spiro atoms. The minimum Gasteiger partial charge on any atom is -0.324 e. The fourth-order valence-corrected chi connectivity index (χ4v) is 2.61. The molecule has 3 aromatic rings. The van der Waals surface area contributed by atoms with Gasteiger partial charge in [-0.05, 0) is 62.6 Å². The van der Waals surface area contributed by atoms with Crippen molar-refractivity contribution in [3.8, 4) is 0 Å². The van der Waals surface area contributed by atoms with Crippen molar-refractivity contribution >= 4 is 23.2 Å². The molecule has 0 saturated carbocycles. The van der Waals surface area contributed by atoms with Gasteiger partial charge in [-0.2, -0.15) is 0 Å². The standard InChI is InChI=1S/C21H22N4O/c1-13-5-8-19(16(4)9-13)25-20(26)17-11-22-21(23-12-17)24-18-7-6-14(2)15(3)10-18/h5-12H,1-4H3,(H,25,26)(H,22,23,24). The molecule has 0 radical (unpaired) electrons. The molecule has 2 aromatic carbocycles. The number of hydrogen-bond acceptors (Lipinski definition) is 4. The molecule has 0 fully saturated rings. The predicted octanol–water partition coefficient (Wildman–Crippen LogP) is 4.71. The van der Waals surface area contributed by atoms with Crippen LogP contribution in [0.1, 0.15) is 32.6 Å². The van der Waals surface area contributed by atoms with Crippen LogP contribution in [0, 0.1) is 27.7 Å². The van der Waals surface area contributed by atoms with Crippen LogP contribution in [0.25, 0.3) is 0 Å². The van der Waals surface area contributed by atoms with Crippen LogP contribution < -0.4 is 10.6 Å². The Kier molecular flexibility index (Phi) is 4.98. The lowest BCUT2D eigenvalue weighted by Gasteiger charge is -2.10. The summed E-state index contributed by atoms with van der Waals surface area (Å²) in [5.74, 6) is 0.228. The molecule has 132 valence electrons. The van der Waals surface area contributed by atoms with E-state index in [1.807, 2.05) is 50.2 Å². The lowest BCUT2D eigenvalue weighted by atomic mass is 10.1. The van der Waals surface area contributed by atoms with Crippen LogP contribution in [0.5, 0.6) is 0 Å². The summed E-state index contributed by atoms with van der Waals surface area (Å²) >= 11 is 0. The Labute approximate surface area is 153 Å². The molecule has 1 heterocycles. The first-order chi connectivity index (χ1) is 12.4. The SMILES string of the molecule is Cc1ccc(NC(=O)c2cnc(Nc3ccc(C)c(C)c3)nc2)c(C)c1. The van der Waals surface area contributed by atoms with Crippen LogP contribution in [0.15, 0.2) is 48.8 Å². The number of anilines is 3. The summed E-state index contributed by atoms with van der Waals surface area (Å²) in [7, 11) is 0. The zero-order chi connectivity index (χ0) is 18.7. The lowest BCUT2D eigenvalue weighted by molar-refractivity contribution is 0.102. The lowest BCUT2D eigenvalue weighted by Crippen LogP contribution is -2.14. The highest BCUT2D eigenvalue weighted by molar-refractivity contribution is 6.04. The molecule has 0 unspecified atom stereocenters. The van der Waals surface area contributed by atoms with Crippen molar-refractivity contribution < 1.29 is 4.79 Å². The Morgan fingerprint density at radius 1 is 0.846 bits per heavy atom. The zero-order valence-electron chi connectivity index (χ0n) is 15.4. The summed E-state index contributed by atoms with van der Waals surface area (Å²) in [5.41, 5.74) is 6.72. The van der Waals surface area contributed by atoms with Crippen molar-refractivity contribution in [1.82, 2.24) is 9.97 Å². The van der Waals surface area contributed by atoms with Crippen molar-refractivity contribution in [2.75, 3.05) is 10.6 Å². The van der Waals surface area contributed by atoms with Gasteiger partial charge in [-0.25, -0.2) is 9.97 Å². The third-order valence-corrected chi connectivity index (χ3v) is 4.31. The average Bonchev–Trinajstić information content (AvgIpc) is 2.61. The normalized spacial score (nSPS) is 10.5. The second-order valence-electron chi connectivity index (χ2n) is 6.49. The van der Waals surface area contributed by atoms with Crippen LogP contribution in [-0.2, 0) is 0 Å². The van der Waals surface area contributed by atoms with Gasteiger partial charge >= 0.3 is 0 Å². The highest BCUT2D eigenvalue weighted by atomic mass is 16.1. The molecule has 5 heteroatoms. The number of nitrogens with one attached hydrogen (secondary N) is 2. The quantitative estimate of drug-likeness (QED) is 0.718. The largest absolute Gasteiger partial charge is 0.324 e. The second-order valence-corrected chi connectivity index (χ2v) is 6.49. The number of aryl methyl sites for hydroxylation is 4. The molecular weight excluding hydrogens is 324 g/mol. The van der Waals surface area contributed by atoms with Gasteiger partial charge < -0.3 is 10.6 Å². The van der Waals surface area contributed by atoms with E-state index in [1.54, 1.807) is 0 Å². The Hall–Kier alpha value is -3.21. The van der Waals surface area contributed by atoms with Crippen molar-refractivity contribution in [3.63, 3.8) is 0 Å². The molecule has 0 aliphatic rings. The molecule has 3 rings (SSSR count). The molecule has 5 nitrogen and oxygen atoms in total. The molecule has 1 aromatic heterocycles. The molecule has 0 saturated heterocycles. The van der Waals surface area contributed by atoms with E-state index in [4.69, 9.17) is 0 Å². The predicted molar refractivity (Wildman–Crippen MR) is 105 cm³/mol. The Balaban J connectivity index is 1.70. The van der Waals surface area contributed by atoms with Gasteiger partial charge in [0.05, 0.1) is 5.56 Å². The van der Waals surface area contributed by atoms with Gasteiger partial charge in [-0.1, -0.05) is 23.8 Å². The maximum absolute atomic E-state index is 12.4. The Bertz CT molecular complexity index is 949. The first-order valence-corrected chi connectivity index (χ1v) is 8.47. The van der Waals surface area contributed by atoms with E-state index in [0.717, 1.165) is 22.5 Å². The first-order valence-electron chi connectivity index (χ1n) is 8.47. The minimum atomic E-state index is -0.227. The van der Waals surface area contributed by atoms with Crippen LogP contribution in [-0.4, -0.2) is 15.9 Å². The summed E-state index contributed by atoms with van der Waals surface area (Å²) in [6.07, 6.45) is 3.05. The van der Waals surface area contributed by atoms with E-state index in [-0.39, 0.29) is 5.91 Å². The fraction of sp³-hybridized carbons (Fsp3) is 0.190. The van der Waals surface area contributed by atoms with Gasteiger partial charge in [0.2, 0.25) is 5.95 Å². The maximum Gasteiger partial charge on any atom is 0.258 e. The number of benzene rings is 2. The smallest absolute Gasteiger partial charge is 0.258 e. The van der Waals surface area contributed by atoms with E-state index in [2.05, 4.69) is 34.4 Å². The van der Waals surface area contributed by atoms with Crippen molar-refractivity contribution in [2.24, 2.45) is 0 Å². The third-order valence-electron chi connectivity index (χ3n) is 4.31. The number of hydrogen-bond donors (Lipinski definition) is 2. The van der Waals surface area contributed by atoms with Crippen LogP contribution in [0.2, 0.25) is 0 Å². The minimum absolute atomic E-state index is 0.227. The summed E-state index contributed by atoms with van der Waals surface area (Å²) in [6.45, 7) is 8.12. The molecule has 0 aliphatic heterocycles. The summed E-state index contributed by atoms with van der Waals surface area (Å²) in [5, 5.41) is 6.05. The van der Waals surface area contributed by atoms with E-state index >= 15 is 0 Å². The van der Waals surface area contributed by atoms with Crippen LogP contribution in [0.4, 0.5) is 17.3 Å². The summed E-state index contributed by atoms with van der Waals surface area (Å²) < 4.78 is 0. The number of amides is 1.